The molecule has 2 rings (SSSR count). The van der Waals surface area contributed by atoms with E-state index < -0.39 is 0 Å². The summed E-state index contributed by atoms with van der Waals surface area (Å²) in [6.45, 7) is 6.19. The fourth-order valence-electron chi connectivity index (χ4n) is 1.70. The first kappa shape index (κ1) is 14.1. The molecule has 0 spiro atoms. The first-order chi connectivity index (χ1) is 9.61. The Hall–Kier alpha value is -2.27. The van der Waals surface area contributed by atoms with Crippen LogP contribution in [0.1, 0.15) is 5.56 Å². The highest BCUT2D eigenvalue weighted by Crippen LogP contribution is 2.28. The molecule has 0 radical (unpaired) electrons. The Morgan fingerprint density at radius 2 is 2.10 bits per heavy atom. The van der Waals surface area contributed by atoms with Crippen molar-refractivity contribution in [1.29, 1.82) is 0 Å². The average Bonchev–Trinajstić information content (AvgIpc) is 2.42. The maximum Gasteiger partial charge on any atom is 0.159 e. The summed E-state index contributed by atoms with van der Waals surface area (Å²) in [5, 5.41) is 6.93. The molecular weight excluding hydrogens is 274 g/mol. The minimum Gasteiger partial charge on any atom is -0.393 e. The number of nitrogens with one attached hydrogen (secondary N) is 2. The molecule has 1 aromatic carbocycles. The predicted molar refractivity (Wildman–Crippen MR) is 84.6 cm³/mol. The van der Waals surface area contributed by atoms with Crippen LogP contribution < -0.4 is 16.4 Å². The SMILES string of the molecule is C=CCNc1ncnc(Nc2ccc(Cl)cc2C)c1N. The molecule has 0 aliphatic heterocycles. The number of hydrogen-bond donors (Lipinski definition) is 3. The molecule has 4 N–H and O–H groups in total. The number of nitrogen functional groups attached to an aromatic ring is 1. The van der Waals surface area contributed by atoms with E-state index in [1.807, 2.05) is 25.1 Å². The van der Waals surface area contributed by atoms with Crippen molar-refractivity contribution >= 4 is 34.6 Å². The summed E-state index contributed by atoms with van der Waals surface area (Å²) in [5.74, 6) is 1.13. The van der Waals surface area contributed by atoms with Gasteiger partial charge in [-0.05, 0) is 30.7 Å². The summed E-state index contributed by atoms with van der Waals surface area (Å²) in [5.41, 5.74) is 8.41. The summed E-state index contributed by atoms with van der Waals surface area (Å²) in [6, 6.07) is 5.57. The molecule has 0 fully saturated rings. The Morgan fingerprint density at radius 1 is 1.35 bits per heavy atom. The van der Waals surface area contributed by atoms with E-state index in [1.165, 1.54) is 6.33 Å². The molecule has 0 amide bonds. The van der Waals surface area contributed by atoms with Crippen LogP contribution in [0.25, 0.3) is 0 Å². The molecule has 0 atom stereocenters. The molecule has 0 saturated heterocycles. The molecule has 6 heteroatoms. The Kier molecular flexibility index (Phi) is 4.42. The summed E-state index contributed by atoms with van der Waals surface area (Å²) >= 11 is 5.94. The van der Waals surface area contributed by atoms with Crippen molar-refractivity contribution in [2.75, 3.05) is 22.9 Å². The zero-order valence-electron chi connectivity index (χ0n) is 11.2. The highest BCUT2D eigenvalue weighted by atomic mass is 35.5. The van der Waals surface area contributed by atoms with Gasteiger partial charge in [-0.1, -0.05) is 17.7 Å². The number of nitrogens with two attached hydrogens (primary N) is 1. The quantitative estimate of drug-likeness (QED) is 0.736. The average molecular weight is 290 g/mol. The molecule has 104 valence electrons. The number of nitrogens with zero attached hydrogens (tertiary/aromatic N) is 2. The topological polar surface area (TPSA) is 75.9 Å². The zero-order valence-corrected chi connectivity index (χ0v) is 11.9. The molecule has 1 aromatic heterocycles. The fourth-order valence-corrected chi connectivity index (χ4v) is 1.93. The first-order valence-corrected chi connectivity index (χ1v) is 6.48. The first-order valence-electron chi connectivity index (χ1n) is 6.10. The van der Waals surface area contributed by atoms with Crippen LogP contribution in [-0.2, 0) is 0 Å². The summed E-state index contributed by atoms with van der Waals surface area (Å²) < 4.78 is 0. The Labute approximate surface area is 122 Å². The van der Waals surface area contributed by atoms with E-state index in [1.54, 1.807) is 6.08 Å². The van der Waals surface area contributed by atoms with Crippen molar-refractivity contribution < 1.29 is 0 Å². The van der Waals surface area contributed by atoms with Crippen molar-refractivity contribution in [1.82, 2.24) is 9.97 Å². The number of benzene rings is 1. The molecular formula is C14H16ClN5. The maximum atomic E-state index is 6.04. The van der Waals surface area contributed by atoms with Crippen LogP contribution in [0.2, 0.25) is 5.02 Å². The van der Waals surface area contributed by atoms with Gasteiger partial charge in [0.1, 0.15) is 12.0 Å². The highest BCUT2D eigenvalue weighted by molar-refractivity contribution is 6.30. The number of rotatable bonds is 5. The van der Waals surface area contributed by atoms with E-state index in [4.69, 9.17) is 17.3 Å². The number of aryl methyl sites for hydroxylation is 1. The van der Waals surface area contributed by atoms with Crippen LogP contribution in [-0.4, -0.2) is 16.5 Å². The van der Waals surface area contributed by atoms with Gasteiger partial charge < -0.3 is 16.4 Å². The van der Waals surface area contributed by atoms with Crippen molar-refractivity contribution in [2.45, 2.75) is 6.92 Å². The second kappa shape index (κ2) is 6.25. The lowest BCUT2D eigenvalue weighted by molar-refractivity contribution is 1.14. The zero-order chi connectivity index (χ0) is 14.5. The molecule has 0 aliphatic carbocycles. The van der Waals surface area contributed by atoms with Crippen LogP contribution >= 0.6 is 11.6 Å². The van der Waals surface area contributed by atoms with Gasteiger partial charge in [-0.15, -0.1) is 6.58 Å². The van der Waals surface area contributed by atoms with Gasteiger partial charge in [-0.2, -0.15) is 0 Å². The Balaban J connectivity index is 2.27. The van der Waals surface area contributed by atoms with Crippen LogP contribution in [0, 0.1) is 6.92 Å². The van der Waals surface area contributed by atoms with Gasteiger partial charge in [0.15, 0.2) is 11.6 Å². The lowest BCUT2D eigenvalue weighted by Crippen LogP contribution is -2.08. The number of anilines is 4. The van der Waals surface area contributed by atoms with Gasteiger partial charge in [0.05, 0.1) is 0 Å². The van der Waals surface area contributed by atoms with Gasteiger partial charge in [0.2, 0.25) is 0 Å². The second-order valence-electron chi connectivity index (χ2n) is 4.24. The van der Waals surface area contributed by atoms with E-state index in [-0.39, 0.29) is 0 Å². The molecule has 0 unspecified atom stereocenters. The molecule has 20 heavy (non-hydrogen) atoms. The van der Waals surface area contributed by atoms with Crippen molar-refractivity contribution in [2.24, 2.45) is 0 Å². The van der Waals surface area contributed by atoms with Gasteiger partial charge >= 0.3 is 0 Å². The third-order valence-corrected chi connectivity index (χ3v) is 2.97. The van der Waals surface area contributed by atoms with Crippen LogP contribution in [0.3, 0.4) is 0 Å². The monoisotopic (exact) mass is 289 g/mol. The second-order valence-corrected chi connectivity index (χ2v) is 4.67. The van der Waals surface area contributed by atoms with Crippen molar-refractivity contribution in [3.05, 3.63) is 47.8 Å². The number of hydrogen-bond acceptors (Lipinski definition) is 5. The third kappa shape index (κ3) is 3.19. The summed E-state index contributed by atoms with van der Waals surface area (Å²) in [7, 11) is 0. The molecule has 0 aliphatic rings. The lowest BCUT2D eigenvalue weighted by atomic mass is 10.2. The largest absolute Gasteiger partial charge is 0.393 e. The molecule has 2 aromatic rings. The summed E-state index contributed by atoms with van der Waals surface area (Å²) in [4.78, 5) is 8.26. The van der Waals surface area contributed by atoms with E-state index in [0.29, 0.717) is 28.9 Å². The van der Waals surface area contributed by atoms with Crippen molar-refractivity contribution in [3.8, 4) is 0 Å². The van der Waals surface area contributed by atoms with Gasteiger partial charge in [-0.25, -0.2) is 9.97 Å². The minimum absolute atomic E-state index is 0.462. The molecule has 5 nitrogen and oxygen atoms in total. The Morgan fingerprint density at radius 3 is 2.80 bits per heavy atom. The smallest absolute Gasteiger partial charge is 0.159 e. The van der Waals surface area contributed by atoms with Gasteiger partial charge in [0.25, 0.3) is 0 Å². The van der Waals surface area contributed by atoms with Crippen LogP contribution in [0.15, 0.2) is 37.2 Å². The van der Waals surface area contributed by atoms with E-state index in [0.717, 1.165) is 11.3 Å². The molecule has 0 saturated carbocycles. The van der Waals surface area contributed by atoms with Crippen LogP contribution in [0.5, 0.6) is 0 Å². The Bertz CT molecular complexity index is 627. The van der Waals surface area contributed by atoms with Gasteiger partial charge in [-0.3, -0.25) is 0 Å². The normalized spacial score (nSPS) is 10.1. The van der Waals surface area contributed by atoms with Crippen molar-refractivity contribution in [3.63, 3.8) is 0 Å². The molecule has 1 heterocycles. The maximum absolute atomic E-state index is 6.04. The number of aromatic nitrogens is 2. The van der Waals surface area contributed by atoms with Crippen LogP contribution in [0.4, 0.5) is 23.0 Å². The van der Waals surface area contributed by atoms with E-state index in [9.17, 15) is 0 Å². The predicted octanol–water partition coefficient (Wildman–Crippen LogP) is 3.36. The highest BCUT2D eigenvalue weighted by Gasteiger charge is 2.08. The fraction of sp³-hybridized carbons (Fsp3) is 0.143. The van der Waals surface area contributed by atoms with Gasteiger partial charge in [0, 0.05) is 17.3 Å². The van der Waals surface area contributed by atoms with E-state index in [2.05, 4.69) is 27.2 Å². The summed E-state index contributed by atoms with van der Waals surface area (Å²) in [6.07, 6.45) is 3.19. The van der Waals surface area contributed by atoms with E-state index >= 15 is 0 Å². The minimum atomic E-state index is 0.462. The standard InChI is InChI=1S/C14H16ClN5/c1-3-6-17-13-12(16)14(19-8-18-13)20-11-5-4-10(15)7-9(11)2/h3-5,7-8H,1,6,16H2,2H3,(H2,17,18,19,20). The molecule has 0 bridgehead atoms. The lowest BCUT2D eigenvalue weighted by Gasteiger charge is -2.13. The third-order valence-electron chi connectivity index (χ3n) is 2.74. The number of halogens is 1.